The molecule has 0 aliphatic rings. The number of ether oxygens (including phenoxy) is 9. The second-order valence-electron chi connectivity index (χ2n) is 14.3. The van der Waals surface area contributed by atoms with Gasteiger partial charge in [-0.1, -0.05) is 85.5 Å². The number of aliphatic hydroxyl groups excluding tert-OH is 1. The molecule has 69 heavy (non-hydrogen) atoms. The van der Waals surface area contributed by atoms with Crippen molar-refractivity contribution in [2.24, 2.45) is 0 Å². The maximum Gasteiger partial charge on any atom is 0.411 e. The molecule has 0 radical (unpaired) electrons. The van der Waals surface area contributed by atoms with E-state index in [4.69, 9.17) is 50.7 Å². The highest BCUT2D eigenvalue weighted by Gasteiger charge is 2.16. The van der Waals surface area contributed by atoms with Crippen molar-refractivity contribution in [3.8, 4) is 0 Å². The Morgan fingerprint density at radius 3 is 1.30 bits per heavy atom. The number of halogens is 1. The van der Waals surface area contributed by atoms with Crippen LogP contribution in [0.3, 0.4) is 0 Å². The molecule has 21 nitrogen and oxygen atoms in total. The summed E-state index contributed by atoms with van der Waals surface area (Å²) in [5.41, 5.74) is 0. The minimum atomic E-state index is -1.14. The average molecular weight is 1030 g/mol. The highest BCUT2D eigenvalue weighted by Crippen LogP contribution is 2.08. The van der Waals surface area contributed by atoms with Gasteiger partial charge >= 0.3 is 48.1 Å². The van der Waals surface area contributed by atoms with Crippen LogP contribution in [0.2, 0.25) is 19.6 Å². The van der Waals surface area contributed by atoms with Crippen molar-refractivity contribution < 1.29 is 87.5 Å². The van der Waals surface area contributed by atoms with E-state index in [0.717, 1.165) is 82.8 Å². The third kappa shape index (κ3) is 56.8. The number of nitrogens with zero attached hydrogens (tertiary/aromatic N) is 2. The summed E-state index contributed by atoms with van der Waals surface area (Å²) in [6.45, 7) is 23.1. The van der Waals surface area contributed by atoms with Gasteiger partial charge in [0.15, 0.2) is 0 Å². The fourth-order valence-corrected chi connectivity index (χ4v) is 4.48. The van der Waals surface area contributed by atoms with Gasteiger partial charge in [0.25, 0.3) is 0 Å². The summed E-state index contributed by atoms with van der Waals surface area (Å²) in [5.74, 6) is -2.58. The van der Waals surface area contributed by atoms with Crippen LogP contribution in [-0.2, 0) is 66.6 Å². The molecule has 0 saturated carbocycles. The number of carbonyl (C=O) groups excluding carboxylic acids is 8. The highest BCUT2D eigenvalue weighted by atomic mass is 35.6. The minimum Gasteiger partial charge on any atom is -0.462 e. The number of hydrogen-bond acceptors (Lipinski definition) is 18. The van der Waals surface area contributed by atoms with E-state index < -0.39 is 49.5 Å². The first-order valence-electron chi connectivity index (χ1n) is 23.1. The number of alkyl carbamates (subject to hydrolysis) is 1. The molecule has 0 bridgehead atoms. The van der Waals surface area contributed by atoms with Crippen LogP contribution >= 0.6 is 11.1 Å². The molecule has 23 heteroatoms. The van der Waals surface area contributed by atoms with Gasteiger partial charge in [-0.3, -0.25) is 9.69 Å². The normalized spacial score (nSPS) is 9.78. The van der Waals surface area contributed by atoms with E-state index in [1.807, 2.05) is 6.92 Å². The Balaban J connectivity index is -0.000000346. The first-order chi connectivity index (χ1) is 33.4. The number of carbonyl (C=O) groups is 8. The lowest BCUT2D eigenvalue weighted by Crippen LogP contribution is -2.35. The van der Waals surface area contributed by atoms with Gasteiger partial charge in [-0.15, -0.1) is 0 Å². The topological polar surface area (TPSA) is 258 Å². The molecule has 2 N–H and O–H groups in total. The number of amides is 3. The van der Waals surface area contributed by atoms with Crippen molar-refractivity contribution in [3.05, 3.63) is 50.6 Å². The predicted octanol–water partition coefficient (Wildman–Crippen LogP) is 6.87. The Kier molecular flexibility index (Phi) is 52.8. The molecule has 0 heterocycles. The molecule has 0 aromatic heterocycles. The summed E-state index contributed by atoms with van der Waals surface area (Å²) < 4.78 is 49.5. The number of esters is 5. The summed E-state index contributed by atoms with van der Waals surface area (Å²) in [4.78, 5) is 93.4. The molecule has 0 aliphatic carbocycles. The van der Waals surface area contributed by atoms with E-state index in [2.05, 4.69) is 60.7 Å². The summed E-state index contributed by atoms with van der Waals surface area (Å²) in [7, 11) is 2.59. The zero-order chi connectivity index (χ0) is 54.4. The van der Waals surface area contributed by atoms with E-state index >= 15 is 0 Å². The maximum atomic E-state index is 12.1. The number of unbranched alkanes of at least 4 members (excludes halogenated alkanes) is 7. The fourth-order valence-electron chi connectivity index (χ4n) is 4.48. The Hall–Kier alpha value is -5.45. The van der Waals surface area contributed by atoms with Gasteiger partial charge in [0.05, 0.1) is 0 Å². The zero-order valence-electron chi connectivity index (χ0n) is 43.1. The number of methoxy groups -OCH3 is 1. The van der Waals surface area contributed by atoms with Gasteiger partial charge in [-0.25, -0.2) is 33.6 Å². The molecule has 0 saturated heterocycles. The quantitative estimate of drug-likeness (QED) is 0.0127. The molecule has 0 aliphatic heterocycles. The van der Waals surface area contributed by atoms with Crippen LogP contribution in [0, 0.1) is 0 Å². The minimum absolute atomic E-state index is 0.0132. The fraction of sp³-hybridized carbons (Fsp3) is 0.652. The van der Waals surface area contributed by atoms with Crippen molar-refractivity contribution in [1.82, 2.24) is 15.1 Å². The average Bonchev–Trinajstić information content (AvgIpc) is 3.34. The van der Waals surface area contributed by atoms with Crippen LogP contribution in [0.15, 0.2) is 50.6 Å². The van der Waals surface area contributed by atoms with Gasteiger partial charge in [-0.05, 0) is 32.6 Å². The molecule has 0 unspecified atom stereocenters. The molecular weight excluding hydrogens is 946 g/mol. The van der Waals surface area contributed by atoms with Crippen LogP contribution in [-0.4, -0.2) is 170 Å². The molecule has 0 spiro atoms. The van der Waals surface area contributed by atoms with Crippen LogP contribution in [0.1, 0.15) is 79.9 Å². The van der Waals surface area contributed by atoms with E-state index in [1.165, 1.54) is 19.4 Å². The van der Waals surface area contributed by atoms with E-state index in [1.54, 1.807) is 4.90 Å². The molecule has 0 aromatic carbocycles. The van der Waals surface area contributed by atoms with Crippen LogP contribution in [0.25, 0.3) is 0 Å². The summed E-state index contributed by atoms with van der Waals surface area (Å²) >= 11 is 5.67. The molecule has 0 aromatic rings. The third-order valence-electron chi connectivity index (χ3n) is 7.54. The number of rotatable bonds is 34. The molecule has 3 amide bonds. The van der Waals surface area contributed by atoms with Crippen molar-refractivity contribution >= 4 is 66.6 Å². The lowest BCUT2D eigenvalue weighted by Gasteiger charge is -2.22. The van der Waals surface area contributed by atoms with Crippen molar-refractivity contribution in [1.29, 1.82) is 0 Å². The van der Waals surface area contributed by atoms with E-state index in [0.29, 0.717) is 39.0 Å². The standard InChI is InChI=1S/C22H36N2O9.C19H29NO8.C3H9ClSi.CH4O.CH4/c1-5-19(25)30-14-16-32-21(27)23(7-3)12-10-8-9-11-13-24(18-29-4)22(28)33-17-15-31-20(26)6-2;1-3-16(21)25-12-13-27-18(23)10-8-6-5-7-9-11-20-19(24)28-15-14-26-17(22)4-2;1-5(2,3)4;1-2;/h5-6H,1-2,7-18H2,3-4H3;3-4H,1-2,5-15H2,(H,20,24);1-3H3;2H,1H3;1H4/i;;;;1D. The largest absolute Gasteiger partial charge is 0.462 e. The second kappa shape index (κ2) is 51.9. The first-order valence-corrected chi connectivity index (χ1v) is 26.6. The summed E-state index contributed by atoms with van der Waals surface area (Å²) in [5, 5.41) is 9.60. The lowest BCUT2D eigenvalue weighted by atomic mass is 10.1. The smallest absolute Gasteiger partial charge is 0.411 e. The molecule has 0 atom stereocenters. The second-order valence-corrected chi connectivity index (χ2v) is 21.8. The third-order valence-corrected chi connectivity index (χ3v) is 7.54. The highest BCUT2D eigenvalue weighted by molar-refractivity contribution is 7.18. The van der Waals surface area contributed by atoms with Crippen LogP contribution in [0.5, 0.6) is 0 Å². The van der Waals surface area contributed by atoms with Crippen LogP contribution < -0.4 is 5.32 Å². The zero-order valence-corrected chi connectivity index (χ0v) is 43.8. The van der Waals surface area contributed by atoms with Crippen molar-refractivity contribution in [2.75, 3.05) is 100.0 Å². The van der Waals surface area contributed by atoms with E-state index in [9.17, 15) is 38.4 Å². The maximum absolute atomic E-state index is 12.1. The Morgan fingerprint density at radius 1 is 0.565 bits per heavy atom. The van der Waals surface area contributed by atoms with E-state index in [-0.39, 0.29) is 65.6 Å². The summed E-state index contributed by atoms with van der Waals surface area (Å²) in [6, 6.07) is 0. The Bertz CT molecular complexity index is 1400. The Labute approximate surface area is 416 Å². The van der Waals surface area contributed by atoms with Gasteiger partial charge in [-0.2, -0.15) is 11.1 Å². The van der Waals surface area contributed by atoms with Crippen molar-refractivity contribution in [2.45, 2.75) is 98.2 Å². The van der Waals surface area contributed by atoms with Gasteiger partial charge in [0.1, 0.15) is 67.0 Å². The van der Waals surface area contributed by atoms with Gasteiger partial charge in [0, 0.05) is 72.5 Å². The molecule has 0 rings (SSSR count). The SMILES string of the molecule is C=CC(=O)OCCOC(=O)CCCCCCCNC(=O)OCCOC(=O)C=C.C=CC(=O)OCCOC(=O)N(CC)CCCCCCN(COC)C(=O)OCCOC(=O)C=C.CO.C[Si](C)(C)Cl.[2H]C. The van der Waals surface area contributed by atoms with Gasteiger partial charge < -0.3 is 58.0 Å². The summed E-state index contributed by atoms with van der Waals surface area (Å²) in [6.07, 6.45) is 10.3. The molecule has 0 fully saturated rings. The Morgan fingerprint density at radius 2 is 0.899 bits per heavy atom. The molecule has 400 valence electrons. The predicted molar refractivity (Wildman–Crippen MR) is 264 cm³/mol. The first kappa shape index (κ1) is 70.1. The number of hydrogen-bond donors (Lipinski definition) is 2. The monoisotopic (exact) mass is 1030 g/mol. The van der Waals surface area contributed by atoms with Gasteiger partial charge in [0.2, 0.25) is 0 Å². The molecular formula is C46H82ClN3O18Si. The lowest BCUT2D eigenvalue weighted by molar-refractivity contribution is -0.149. The number of aliphatic hydroxyl groups is 1. The van der Waals surface area contributed by atoms with Crippen LogP contribution in [0.4, 0.5) is 14.4 Å². The number of nitrogens with one attached hydrogen (secondary N) is 1. The van der Waals surface area contributed by atoms with Crippen molar-refractivity contribution in [3.63, 3.8) is 0 Å².